The molecule has 6 heteroatoms. The minimum absolute atomic E-state index is 0.0966. The van der Waals surface area contributed by atoms with E-state index in [0.29, 0.717) is 11.5 Å². The fourth-order valence-electron chi connectivity index (χ4n) is 1.11. The molecule has 86 valence electrons. The Hall–Kier alpha value is -2.73. The summed E-state index contributed by atoms with van der Waals surface area (Å²) >= 11 is 0. The Bertz CT molecular complexity index is 512. The first-order chi connectivity index (χ1) is 8.22. The fourth-order valence-corrected chi connectivity index (χ4v) is 1.11. The van der Waals surface area contributed by atoms with Gasteiger partial charge >= 0.3 is 0 Å². The summed E-state index contributed by atoms with van der Waals surface area (Å²) in [5, 5.41) is 22.5. The first-order valence-electron chi connectivity index (χ1n) is 4.54. The lowest BCUT2D eigenvalue weighted by atomic mass is 10.3. The number of terminal acetylenes is 1. The van der Waals surface area contributed by atoms with Gasteiger partial charge in [0.25, 0.3) is 6.19 Å². The van der Waals surface area contributed by atoms with Gasteiger partial charge in [0.15, 0.2) is 11.5 Å². The summed E-state index contributed by atoms with van der Waals surface area (Å²) in [5.41, 5.74) is 0.163. The predicted octanol–water partition coefficient (Wildman–Crippen LogP) is 1.78. The van der Waals surface area contributed by atoms with Gasteiger partial charge in [0.05, 0.1) is 18.3 Å². The van der Waals surface area contributed by atoms with Gasteiger partial charge in [0.1, 0.15) is 6.61 Å². The lowest BCUT2D eigenvalue weighted by Crippen LogP contribution is -1.98. The van der Waals surface area contributed by atoms with Crippen molar-refractivity contribution < 1.29 is 14.3 Å². The van der Waals surface area contributed by atoms with Crippen LogP contribution in [0.1, 0.15) is 0 Å². The zero-order valence-electron chi connectivity index (χ0n) is 9.08. The van der Waals surface area contributed by atoms with Crippen molar-refractivity contribution in [1.82, 2.24) is 0 Å². The molecule has 0 saturated carbocycles. The maximum Gasteiger partial charge on any atom is 0.274 e. The summed E-state index contributed by atoms with van der Waals surface area (Å²) in [5.74, 6) is 3.07. The number of benzene rings is 1. The summed E-state index contributed by atoms with van der Waals surface area (Å²) in [7, 11) is 1.43. The van der Waals surface area contributed by atoms with E-state index in [1.807, 2.05) is 0 Å². The molecule has 1 aromatic carbocycles. The highest BCUT2D eigenvalue weighted by Gasteiger charge is 2.11. The van der Waals surface area contributed by atoms with Gasteiger partial charge in [-0.05, 0) is 10.9 Å². The molecule has 1 rings (SSSR count). The summed E-state index contributed by atoms with van der Waals surface area (Å²) in [6, 6.07) is 4.37. The first kappa shape index (κ1) is 12.3. The van der Waals surface area contributed by atoms with Crippen molar-refractivity contribution in [1.29, 1.82) is 5.26 Å². The molecule has 0 unspecified atom stereocenters. The van der Waals surface area contributed by atoms with E-state index in [1.165, 1.54) is 31.5 Å². The summed E-state index contributed by atoms with van der Waals surface area (Å²) < 4.78 is 10.2. The maximum atomic E-state index is 11.2. The quantitative estimate of drug-likeness (QED) is 0.260. The molecule has 0 N–H and O–H groups in total. The van der Waals surface area contributed by atoms with Crippen LogP contribution in [0.15, 0.2) is 23.3 Å². The van der Waals surface area contributed by atoms with Crippen LogP contribution in [0.4, 0.5) is 5.69 Å². The van der Waals surface area contributed by atoms with Crippen molar-refractivity contribution in [3.05, 3.63) is 23.4 Å². The molecule has 0 spiro atoms. The molecule has 0 fully saturated rings. The number of hydrogen-bond donors (Lipinski definition) is 0. The number of nitrogens with zero attached hydrogens (tertiary/aromatic N) is 3. The standard InChI is InChI=1S/C11H9N3O3/c1-3-6-17-10-5-4-9(7-11(10)16-2)14(15)13-8-12/h1,4-5,7H,6H2,2H3. The molecule has 0 aliphatic heterocycles. The highest BCUT2D eigenvalue weighted by Crippen LogP contribution is 2.31. The summed E-state index contributed by atoms with van der Waals surface area (Å²) in [6.45, 7) is 0.0966. The summed E-state index contributed by atoms with van der Waals surface area (Å²) in [4.78, 5) is 0.188. The molecule has 0 radical (unpaired) electrons. The van der Waals surface area contributed by atoms with E-state index in [1.54, 1.807) is 0 Å². The van der Waals surface area contributed by atoms with E-state index in [9.17, 15) is 5.21 Å². The van der Waals surface area contributed by atoms with E-state index in [4.69, 9.17) is 21.2 Å². The number of methoxy groups -OCH3 is 1. The molecule has 0 bridgehead atoms. The SMILES string of the molecule is C#CCOc1ccc([N+]([O-])=NC#N)cc1OC. The molecule has 0 atom stereocenters. The van der Waals surface area contributed by atoms with Gasteiger partial charge in [-0.3, -0.25) is 0 Å². The van der Waals surface area contributed by atoms with Crippen LogP contribution in [-0.2, 0) is 0 Å². The maximum absolute atomic E-state index is 11.2. The third-order valence-corrected chi connectivity index (χ3v) is 1.81. The van der Waals surface area contributed by atoms with Gasteiger partial charge < -0.3 is 14.7 Å². The molecule has 1 aromatic rings. The average molecular weight is 231 g/mol. The van der Waals surface area contributed by atoms with Crippen LogP contribution in [-0.4, -0.2) is 18.6 Å². The molecule has 0 aromatic heterocycles. The molecule has 0 heterocycles. The third-order valence-electron chi connectivity index (χ3n) is 1.81. The smallest absolute Gasteiger partial charge is 0.274 e. The molecule has 0 aliphatic carbocycles. The van der Waals surface area contributed by atoms with Crippen LogP contribution >= 0.6 is 0 Å². The van der Waals surface area contributed by atoms with Crippen LogP contribution in [0.25, 0.3) is 0 Å². The molecule has 17 heavy (non-hydrogen) atoms. The van der Waals surface area contributed by atoms with E-state index in [-0.39, 0.29) is 17.2 Å². The Morgan fingerprint density at radius 1 is 1.53 bits per heavy atom. The van der Waals surface area contributed by atoms with Gasteiger partial charge in [-0.2, -0.15) is 5.26 Å². The largest absolute Gasteiger partial charge is 0.593 e. The van der Waals surface area contributed by atoms with E-state index in [0.717, 1.165) is 0 Å². The molecule has 0 saturated heterocycles. The van der Waals surface area contributed by atoms with Crippen molar-refractivity contribution in [2.45, 2.75) is 0 Å². The van der Waals surface area contributed by atoms with Crippen molar-refractivity contribution >= 4 is 5.69 Å². The van der Waals surface area contributed by atoms with Crippen LogP contribution in [0.2, 0.25) is 0 Å². The second-order valence-corrected chi connectivity index (χ2v) is 2.80. The Morgan fingerprint density at radius 3 is 2.88 bits per heavy atom. The van der Waals surface area contributed by atoms with Crippen molar-refractivity contribution in [3.8, 4) is 30.0 Å². The number of ether oxygens (including phenoxy) is 2. The molecule has 0 aliphatic rings. The van der Waals surface area contributed by atoms with Crippen LogP contribution in [0.5, 0.6) is 11.5 Å². The molecule has 0 amide bonds. The number of rotatable bonds is 4. The van der Waals surface area contributed by atoms with Gasteiger partial charge in [0, 0.05) is 6.07 Å². The first-order valence-corrected chi connectivity index (χ1v) is 4.54. The van der Waals surface area contributed by atoms with E-state index < -0.39 is 0 Å². The fraction of sp³-hybridized carbons (Fsp3) is 0.182. The number of nitriles is 1. The Balaban J connectivity index is 3.05. The minimum Gasteiger partial charge on any atom is -0.593 e. The van der Waals surface area contributed by atoms with Gasteiger partial charge in [-0.25, -0.2) is 0 Å². The predicted molar refractivity (Wildman–Crippen MR) is 58.7 cm³/mol. The van der Waals surface area contributed by atoms with Crippen LogP contribution < -0.4 is 9.47 Å². The second kappa shape index (κ2) is 5.99. The van der Waals surface area contributed by atoms with Gasteiger partial charge in [-0.15, -0.1) is 6.42 Å². The van der Waals surface area contributed by atoms with Crippen molar-refractivity contribution in [3.63, 3.8) is 0 Å². The normalized spacial score (nSPS) is 10.2. The van der Waals surface area contributed by atoms with Crippen LogP contribution in [0, 0.1) is 29.0 Å². The molecular weight excluding hydrogens is 222 g/mol. The van der Waals surface area contributed by atoms with E-state index >= 15 is 0 Å². The monoisotopic (exact) mass is 231 g/mol. The Morgan fingerprint density at radius 2 is 2.29 bits per heavy atom. The minimum atomic E-state index is 0.0966. The summed E-state index contributed by atoms with van der Waals surface area (Å²) in [6.07, 6.45) is 6.45. The van der Waals surface area contributed by atoms with Crippen molar-refractivity contribution in [2.75, 3.05) is 13.7 Å². The number of hydrogen-bond acceptors (Lipinski definition) is 5. The third kappa shape index (κ3) is 3.11. The average Bonchev–Trinajstić information content (AvgIpc) is 2.36. The highest BCUT2D eigenvalue weighted by atomic mass is 16.5. The van der Waals surface area contributed by atoms with Gasteiger partial charge in [-0.1, -0.05) is 5.92 Å². The van der Waals surface area contributed by atoms with Crippen molar-refractivity contribution in [2.24, 2.45) is 5.11 Å². The highest BCUT2D eigenvalue weighted by molar-refractivity contribution is 5.48. The lowest BCUT2D eigenvalue weighted by molar-refractivity contribution is -0.435. The zero-order chi connectivity index (χ0) is 12.7. The van der Waals surface area contributed by atoms with Crippen LogP contribution in [0.3, 0.4) is 0 Å². The second-order valence-electron chi connectivity index (χ2n) is 2.80. The van der Waals surface area contributed by atoms with Gasteiger partial charge in [0.2, 0.25) is 5.69 Å². The van der Waals surface area contributed by atoms with E-state index in [2.05, 4.69) is 11.0 Å². The molecular formula is C11H9N3O3. The Labute approximate surface area is 98.3 Å². The number of azo groups is 1. The topological polar surface area (TPSA) is 80.7 Å². The lowest BCUT2D eigenvalue weighted by Gasteiger charge is -2.08. The Kier molecular flexibility index (Phi) is 4.34. The zero-order valence-corrected chi connectivity index (χ0v) is 9.08. The molecule has 6 nitrogen and oxygen atoms in total.